The van der Waals surface area contributed by atoms with Crippen molar-refractivity contribution < 1.29 is 8.42 Å². The highest BCUT2D eigenvalue weighted by Crippen LogP contribution is 2.27. The summed E-state index contributed by atoms with van der Waals surface area (Å²) in [5.41, 5.74) is 1.81. The van der Waals surface area contributed by atoms with Crippen molar-refractivity contribution in [2.24, 2.45) is 0 Å². The number of benzene rings is 1. The molecule has 19 heavy (non-hydrogen) atoms. The minimum Gasteiger partial charge on any atom is -0.369 e. The fourth-order valence-corrected chi connectivity index (χ4v) is 3.26. The predicted octanol–water partition coefficient (Wildman–Crippen LogP) is 2.83. The minimum absolute atomic E-state index is 0.613. The zero-order valence-corrected chi connectivity index (χ0v) is 12.4. The molecule has 1 N–H and O–H groups in total. The van der Waals surface area contributed by atoms with Gasteiger partial charge in [0, 0.05) is 24.0 Å². The average Bonchev–Trinajstić information content (AvgIpc) is 2.38. The van der Waals surface area contributed by atoms with Crippen LogP contribution in [-0.2, 0) is 10.0 Å². The molecule has 0 radical (unpaired) electrons. The summed E-state index contributed by atoms with van der Waals surface area (Å²) in [5, 5.41) is 0. The van der Waals surface area contributed by atoms with Crippen molar-refractivity contribution in [2.45, 2.75) is 38.6 Å². The molecule has 106 valence electrons. The Morgan fingerprint density at radius 1 is 1.26 bits per heavy atom. The average molecular weight is 282 g/mol. The summed E-state index contributed by atoms with van der Waals surface area (Å²) in [6.45, 7) is 3.32. The van der Waals surface area contributed by atoms with Gasteiger partial charge in [0.25, 0.3) is 0 Å². The molecule has 1 aliphatic rings. The molecule has 1 saturated heterocycles. The van der Waals surface area contributed by atoms with E-state index >= 15 is 0 Å². The van der Waals surface area contributed by atoms with E-state index in [-0.39, 0.29) is 0 Å². The van der Waals surface area contributed by atoms with Gasteiger partial charge >= 0.3 is 0 Å². The van der Waals surface area contributed by atoms with E-state index in [0.29, 0.717) is 11.7 Å². The van der Waals surface area contributed by atoms with Crippen molar-refractivity contribution in [3.8, 4) is 0 Å². The summed E-state index contributed by atoms with van der Waals surface area (Å²) in [6.07, 6.45) is 6.12. The van der Waals surface area contributed by atoms with Crippen molar-refractivity contribution in [3.05, 3.63) is 24.3 Å². The molecule has 0 saturated carbocycles. The van der Waals surface area contributed by atoms with Crippen LogP contribution in [0.1, 0.15) is 32.6 Å². The van der Waals surface area contributed by atoms with Gasteiger partial charge in [0.05, 0.1) is 6.26 Å². The molecule has 0 spiro atoms. The van der Waals surface area contributed by atoms with Crippen LogP contribution in [-0.4, -0.2) is 27.3 Å². The number of sulfonamides is 1. The van der Waals surface area contributed by atoms with Crippen LogP contribution >= 0.6 is 0 Å². The summed E-state index contributed by atoms with van der Waals surface area (Å²) >= 11 is 0. The molecule has 4 nitrogen and oxygen atoms in total. The molecular formula is C14H22N2O2S. The normalized spacial score (nSPS) is 20.3. The Morgan fingerprint density at radius 2 is 1.95 bits per heavy atom. The molecule has 1 fully saturated rings. The van der Waals surface area contributed by atoms with Crippen molar-refractivity contribution in [3.63, 3.8) is 0 Å². The minimum atomic E-state index is -3.19. The third-order valence-electron chi connectivity index (χ3n) is 3.60. The first-order valence-electron chi connectivity index (χ1n) is 6.84. The third-order valence-corrected chi connectivity index (χ3v) is 4.21. The summed E-state index contributed by atoms with van der Waals surface area (Å²) in [7, 11) is -3.19. The van der Waals surface area contributed by atoms with Gasteiger partial charge in [-0.2, -0.15) is 0 Å². The van der Waals surface area contributed by atoms with Crippen LogP contribution in [0.4, 0.5) is 11.4 Å². The maximum absolute atomic E-state index is 11.2. The Morgan fingerprint density at radius 3 is 2.53 bits per heavy atom. The Labute approximate surface area is 115 Å². The molecule has 2 rings (SSSR count). The maximum Gasteiger partial charge on any atom is 0.229 e. The first-order valence-corrected chi connectivity index (χ1v) is 8.73. The summed E-state index contributed by atoms with van der Waals surface area (Å²) in [6, 6.07) is 8.28. The highest BCUT2D eigenvalue weighted by Gasteiger charge is 2.20. The summed E-state index contributed by atoms with van der Waals surface area (Å²) < 4.78 is 24.8. The van der Waals surface area contributed by atoms with E-state index < -0.39 is 10.0 Å². The van der Waals surface area contributed by atoms with E-state index in [9.17, 15) is 8.42 Å². The van der Waals surface area contributed by atoms with Crippen LogP contribution in [0.3, 0.4) is 0 Å². The van der Waals surface area contributed by atoms with E-state index in [1.165, 1.54) is 31.2 Å². The van der Waals surface area contributed by atoms with Crippen molar-refractivity contribution in [1.82, 2.24) is 0 Å². The number of anilines is 2. The topological polar surface area (TPSA) is 49.4 Å². The molecule has 0 amide bonds. The van der Waals surface area contributed by atoms with Crippen molar-refractivity contribution in [1.29, 1.82) is 0 Å². The highest BCUT2D eigenvalue weighted by molar-refractivity contribution is 7.92. The van der Waals surface area contributed by atoms with Gasteiger partial charge in [0.2, 0.25) is 10.0 Å². The lowest BCUT2D eigenvalue weighted by atomic mass is 9.99. The number of piperidine rings is 1. The zero-order chi connectivity index (χ0) is 13.9. The Hall–Kier alpha value is -1.23. The molecule has 1 aromatic rings. The molecule has 0 bridgehead atoms. The molecule has 0 aromatic heterocycles. The van der Waals surface area contributed by atoms with E-state index in [1.54, 1.807) is 0 Å². The molecule has 1 heterocycles. The van der Waals surface area contributed by atoms with Gasteiger partial charge in [-0.3, -0.25) is 4.72 Å². The van der Waals surface area contributed by atoms with Crippen LogP contribution in [0.25, 0.3) is 0 Å². The standard InChI is InChI=1S/C14H22N2O2S/c1-3-13-6-4-5-11-16(13)14-9-7-12(8-10-14)15-19(2,17)18/h7-10,13,15H,3-6,11H2,1-2H3. The van der Waals surface area contributed by atoms with Gasteiger partial charge in [0.1, 0.15) is 0 Å². The molecule has 5 heteroatoms. The van der Waals surface area contributed by atoms with Gasteiger partial charge < -0.3 is 4.90 Å². The molecule has 1 atom stereocenters. The van der Waals surface area contributed by atoms with Crippen molar-refractivity contribution in [2.75, 3.05) is 22.4 Å². The zero-order valence-electron chi connectivity index (χ0n) is 11.6. The van der Waals surface area contributed by atoms with Crippen LogP contribution in [0.2, 0.25) is 0 Å². The van der Waals surface area contributed by atoms with Gasteiger partial charge in [0.15, 0.2) is 0 Å². The third kappa shape index (κ3) is 3.86. The van der Waals surface area contributed by atoms with Crippen LogP contribution in [0.15, 0.2) is 24.3 Å². The largest absolute Gasteiger partial charge is 0.369 e. The number of nitrogens with zero attached hydrogens (tertiary/aromatic N) is 1. The summed E-state index contributed by atoms with van der Waals surface area (Å²) in [4.78, 5) is 2.44. The van der Waals surface area contributed by atoms with Crippen LogP contribution in [0.5, 0.6) is 0 Å². The quantitative estimate of drug-likeness (QED) is 0.924. The second-order valence-corrected chi connectivity index (χ2v) is 6.92. The lowest BCUT2D eigenvalue weighted by molar-refractivity contribution is 0.450. The first-order chi connectivity index (χ1) is 8.99. The Bertz CT molecular complexity index is 511. The number of hydrogen-bond acceptors (Lipinski definition) is 3. The monoisotopic (exact) mass is 282 g/mol. The fraction of sp³-hybridized carbons (Fsp3) is 0.571. The van der Waals surface area contributed by atoms with Gasteiger partial charge in [-0.05, 0) is 49.9 Å². The van der Waals surface area contributed by atoms with Crippen LogP contribution < -0.4 is 9.62 Å². The molecular weight excluding hydrogens is 260 g/mol. The van der Waals surface area contributed by atoms with Gasteiger partial charge in [-0.15, -0.1) is 0 Å². The lowest BCUT2D eigenvalue weighted by Crippen LogP contribution is -2.39. The van der Waals surface area contributed by atoms with Gasteiger partial charge in [-0.25, -0.2) is 8.42 Å². The number of nitrogens with one attached hydrogen (secondary N) is 1. The smallest absolute Gasteiger partial charge is 0.229 e. The van der Waals surface area contributed by atoms with E-state index in [2.05, 4.69) is 16.5 Å². The fourth-order valence-electron chi connectivity index (χ4n) is 2.70. The van der Waals surface area contributed by atoms with Crippen LogP contribution in [0, 0.1) is 0 Å². The Balaban J connectivity index is 2.13. The Kier molecular flexibility index (Phi) is 4.34. The lowest BCUT2D eigenvalue weighted by Gasteiger charge is -2.37. The second kappa shape index (κ2) is 5.82. The van der Waals surface area contributed by atoms with Gasteiger partial charge in [-0.1, -0.05) is 6.92 Å². The SMILES string of the molecule is CCC1CCCCN1c1ccc(NS(C)(=O)=O)cc1. The van der Waals surface area contributed by atoms with E-state index in [1.807, 2.05) is 24.3 Å². The van der Waals surface area contributed by atoms with E-state index in [4.69, 9.17) is 0 Å². The van der Waals surface area contributed by atoms with E-state index in [0.717, 1.165) is 13.0 Å². The second-order valence-electron chi connectivity index (χ2n) is 5.17. The molecule has 1 aromatic carbocycles. The molecule has 1 unspecified atom stereocenters. The number of rotatable bonds is 4. The predicted molar refractivity (Wildman–Crippen MR) is 80.2 cm³/mol. The first kappa shape index (κ1) is 14.2. The van der Waals surface area contributed by atoms with Crippen molar-refractivity contribution >= 4 is 21.4 Å². The molecule has 0 aliphatic carbocycles. The number of hydrogen-bond donors (Lipinski definition) is 1. The summed E-state index contributed by atoms with van der Waals surface area (Å²) in [5.74, 6) is 0. The maximum atomic E-state index is 11.2. The molecule has 1 aliphatic heterocycles. The highest BCUT2D eigenvalue weighted by atomic mass is 32.2.